The highest BCUT2D eigenvalue weighted by Crippen LogP contribution is 2.53. The van der Waals surface area contributed by atoms with E-state index in [-0.39, 0.29) is 16.7 Å². The largest absolute Gasteiger partial charge is 0.451 e. The molecule has 0 radical (unpaired) electrons. The van der Waals surface area contributed by atoms with Crippen molar-refractivity contribution >= 4 is 17.9 Å². The molecule has 31 heavy (non-hydrogen) atoms. The number of aliphatic hydroxyl groups is 1. The fourth-order valence-corrected chi connectivity index (χ4v) is 3.02. The van der Waals surface area contributed by atoms with Gasteiger partial charge in [-0.25, -0.2) is 14.4 Å². The molecule has 2 atom stereocenters. The first-order valence-electron chi connectivity index (χ1n) is 10.0. The minimum atomic E-state index is -2.24. The first-order chi connectivity index (χ1) is 13.7. The maximum atomic E-state index is 12.7. The van der Waals surface area contributed by atoms with Crippen LogP contribution < -0.4 is 0 Å². The van der Waals surface area contributed by atoms with E-state index in [1.165, 1.54) is 34.6 Å². The van der Waals surface area contributed by atoms with Gasteiger partial charge in [0.05, 0.1) is 11.0 Å². The molecular formula is C24H38O7. The van der Waals surface area contributed by atoms with Crippen LogP contribution in [0.1, 0.15) is 69.2 Å². The van der Waals surface area contributed by atoms with E-state index in [1.54, 1.807) is 34.6 Å². The number of carbonyl (C=O) groups excluding carboxylic acids is 3. The molecule has 0 heterocycles. The van der Waals surface area contributed by atoms with E-state index in [4.69, 9.17) is 14.2 Å². The Kier molecular flexibility index (Phi) is 8.66. The van der Waals surface area contributed by atoms with Crippen molar-refractivity contribution in [2.45, 2.75) is 86.7 Å². The number of rotatable bonds is 9. The minimum Gasteiger partial charge on any atom is -0.451 e. The van der Waals surface area contributed by atoms with Gasteiger partial charge in [-0.1, -0.05) is 40.5 Å². The third kappa shape index (κ3) is 5.64. The Morgan fingerprint density at radius 2 is 1.06 bits per heavy atom. The number of ether oxygens (including phenoxy) is 3. The molecule has 7 nitrogen and oxygen atoms in total. The average Bonchev–Trinajstić information content (AvgIpc) is 2.58. The molecule has 0 aliphatic heterocycles. The third-order valence-electron chi connectivity index (χ3n) is 5.90. The van der Waals surface area contributed by atoms with Crippen LogP contribution in [0.25, 0.3) is 0 Å². The van der Waals surface area contributed by atoms with Crippen molar-refractivity contribution in [3.63, 3.8) is 0 Å². The fourth-order valence-electron chi connectivity index (χ4n) is 3.02. The van der Waals surface area contributed by atoms with Crippen molar-refractivity contribution in [3.05, 3.63) is 36.5 Å². The summed E-state index contributed by atoms with van der Waals surface area (Å²) in [5.41, 5.74) is -3.72. The number of carbonyl (C=O) groups is 3. The Morgan fingerprint density at radius 3 is 1.32 bits per heavy atom. The average molecular weight is 439 g/mol. The topological polar surface area (TPSA) is 99.1 Å². The zero-order chi connectivity index (χ0) is 25.2. The van der Waals surface area contributed by atoms with Gasteiger partial charge in [-0.15, -0.1) is 0 Å². The maximum absolute atomic E-state index is 12.7. The molecule has 1 N–H and O–H groups in total. The molecule has 0 saturated carbocycles. The van der Waals surface area contributed by atoms with E-state index in [0.717, 1.165) is 0 Å². The second-order valence-electron chi connectivity index (χ2n) is 9.78. The molecule has 0 aromatic heterocycles. The minimum absolute atomic E-state index is 0.0281. The van der Waals surface area contributed by atoms with Gasteiger partial charge in [-0.3, -0.25) is 0 Å². The van der Waals surface area contributed by atoms with Crippen LogP contribution >= 0.6 is 0 Å². The predicted molar refractivity (Wildman–Crippen MR) is 119 cm³/mol. The third-order valence-corrected chi connectivity index (χ3v) is 5.90. The smallest absolute Gasteiger partial charge is 0.336 e. The first kappa shape index (κ1) is 28.6. The molecule has 0 aromatic carbocycles. The summed E-state index contributed by atoms with van der Waals surface area (Å²) >= 11 is 0. The molecule has 0 aromatic rings. The Hall–Kier alpha value is -2.41. The summed E-state index contributed by atoms with van der Waals surface area (Å²) in [4.78, 5) is 37.7. The van der Waals surface area contributed by atoms with Gasteiger partial charge in [0, 0.05) is 16.7 Å². The number of hydrogen-bond donors (Lipinski definition) is 1. The lowest BCUT2D eigenvalue weighted by atomic mass is 9.58. The summed E-state index contributed by atoms with van der Waals surface area (Å²) in [6.45, 7) is 26.5. The zero-order valence-corrected chi connectivity index (χ0v) is 20.6. The van der Waals surface area contributed by atoms with Gasteiger partial charge < -0.3 is 19.3 Å². The van der Waals surface area contributed by atoms with E-state index < -0.39 is 46.2 Å². The van der Waals surface area contributed by atoms with E-state index in [0.29, 0.717) is 0 Å². The van der Waals surface area contributed by atoms with Gasteiger partial charge in [-0.05, 0) is 53.9 Å². The number of hydrogen-bond acceptors (Lipinski definition) is 7. The Balaban J connectivity index is 7.13. The number of esters is 3. The van der Waals surface area contributed by atoms with Crippen molar-refractivity contribution < 1.29 is 33.7 Å². The van der Waals surface area contributed by atoms with Crippen molar-refractivity contribution in [1.29, 1.82) is 0 Å². The van der Waals surface area contributed by atoms with E-state index in [1.807, 2.05) is 0 Å². The molecule has 2 unspecified atom stereocenters. The van der Waals surface area contributed by atoms with E-state index >= 15 is 0 Å². The Bertz CT molecular complexity index is 750. The molecule has 0 bridgehead atoms. The molecule has 0 spiro atoms. The molecule has 0 aliphatic rings. The first-order valence-corrected chi connectivity index (χ1v) is 10.0. The van der Waals surface area contributed by atoms with Crippen LogP contribution in [-0.4, -0.2) is 40.5 Å². The molecule has 7 heteroatoms. The molecular weight excluding hydrogens is 400 g/mol. The van der Waals surface area contributed by atoms with Gasteiger partial charge in [0.15, 0.2) is 6.10 Å². The Labute approximate surface area is 186 Å². The fraction of sp³-hybridized carbons (Fsp3) is 0.625. The molecule has 0 rings (SSSR count). The second kappa shape index (κ2) is 9.39. The summed E-state index contributed by atoms with van der Waals surface area (Å²) in [6, 6.07) is 0. The second-order valence-corrected chi connectivity index (χ2v) is 9.78. The van der Waals surface area contributed by atoms with Crippen LogP contribution in [0.2, 0.25) is 0 Å². The van der Waals surface area contributed by atoms with Crippen LogP contribution in [0.4, 0.5) is 0 Å². The summed E-state index contributed by atoms with van der Waals surface area (Å²) in [5, 5.41) is 11.6. The zero-order valence-electron chi connectivity index (χ0n) is 20.6. The molecule has 0 fully saturated rings. The summed E-state index contributed by atoms with van der Waals surface area (Å²) in [6.07, 6.45) is -1.33. The SMILES string of the molecule is C=C(C)C(=O)OC(C)C(OC(=O)C(=C)C)(OC(=O)C(=C)C)C(C)(C)C(C)(O)C(C)(C)C. The highest BCUT2D eigenvalue weighted by Gasteiger charge is 2.67. The predicted octanol–water partition coefficient (Wildman–Crippen LogP) is 4.25. The van der Waals surface area contributed by atoms with Gasteiger partial charge in [0.25, 0.3) is 0 Å². The van der Waals surface area contributed by atoms with Crippen molar-refractivity contribution in [1.82, 2.24) is 0 Å². The van der Waals surface area contributed by atoms with E-state index in [2.05, 4.69) is 19.7 Å². The van der Waals surface area contributed by atoms with Crippen LogP contribution in [0.15, 0.2) is 36.5 Å². The lowest BCUT2D eigenvalue weighted by Crippen LogP contribution is -2.69. The van der Waals surface area contributed by atoms with Crippen LogP contribution in [0.3, 0.4) is 0 Å². The normalized spacial score (nSPS) is 15.2. The quantitative estimate of drug-likeness (QED) is 0.326. The summed E-state index contributed by atoms with van der Waals surface area (Å²) in [7, 11) is 0. The van der Waals surface area contributed by atoms with Gasteiger partial charge >= 0.3 is 23.7 Å². The highest BCUT2D eigenvalue weighted by atomic mass is 16.8. The van der Waals surface area contributed by atoms with Crippen molar-refractivity contribution in [2.24, 2.45) is 10.8 Å². The summed E-state index contributed by atoms with van der Waals surface area (Å²) < 4.78 is 16.9. The molecule has 0 amide bonds. The summed E-state index contributed by atoms with van der Waals surface area (Å²) in [5.74, 6) is -4.78. The molecule has 0 aliphatic carbocycles. The van der Waals surface area contributed by atoms with Crippen LogP contribution in [0, 0.1) is 10.8 Å². The van der Waals surface area contributed by atoms with Crippen LogP contribution in [0.5, 0.6) is 0 Å². The highest BCUT2D eigenvalue weighted by molar-refractivity contribution is 5.90. The molecule has 176 valence electrons. The molecule has 0 saturated heterocycles. The lowest BCUT2D eigenvalue weighted by molar-refractivity contribution is -0.337. The Morgan fingerprint density at radius 1 is 0.742 bits per heavy atom. The van der Waals surface area contributed by atoms with Gasteiger partial charge in [-0.2, -0.15) is 0 Å². The van der Waals surface area contributed by atoms with Gasteiger partial charge in [0.2, 0.25) is 0 Å². The van der Waals surface area contributed by atoms with Crippen LogP contribution in [-0.2, 0) is 28.6 Å². The standard InChI is InChI=1S/C24H38O7/c1-14(2)18(25)29-17(7)24(30-19(26)15(3)4,31-20(27)16(5)6)22(11,12)23(13,28)21(8,9)10/h17,28H,1,3,5H2,2,4,6-13H3. The van der Waals surface area contributed by atoms with Crippen molar-refractivity contribution in [3.8, 4) is 0 Å². The van der Waals surface area contributed by atoms with Gasteiger partial charge in [0.1, 0.15) is 0 Å². The lowest BCUT2D eigenvalue weighted by Gasteiger charge is -2.56. The van der Waals surface area contributed by atoms with Crippen molar-refractivity contribution in [2.75, 3.05) is 0 Å². The maximum Gasteiger partial charge on any atom is 0.336 e. The monoisotopic (exact) mass is 438 g/mol. The van der Waals surface area contributed by atoms with E-state index in [9.17, 15) is 19.5 Å².